The zero-order valence-electron chi connectivity index (χ0n) is 11.7. The van der Waals surface area contributed by atoms with Crippen LogP contribution in [0.4, 0.5) is 0 Å². The topological polar surface area (TPSA) is 29.1 Å². The molecular formula is C16H22BrNOS. The highest BCUT2D eigenvalue weighted by Crippen LogP contribution is 2.37. The predicted octanol–water partition coefficient (Wildman–Crippen LogP) is 4.24. The molecule has 0 saturated heterocycles. The lowest BCUT2D eigenvalue weighted by molar-refractivity contribution is -0.119. The van der Waals surface area contributed by atoms with E-state index in [0.717, 1.165) is 16.8 Å². The maximum atomic E-state index is 12.0. The third-order valence-electron chi connectivity index (χ3n) is 3.97. The lowest BCUT2D eigenvalue weighted by Crippen LogP contribution is -2.40. The number of alkyl halides is 1. The fourth-order valence-electron chi connectivity index (χ4n) is 2.66. The van der Waals surface area contributed by atoms with E-state index in [0.29, 0.717) is 5.75 Å². The number of thioether (sulfide) groups is 1. The summed E-state index contributed by atoms with van der Waals surface area (Å²) in [4.78, 5) is 13.1. The number of rotatable bonds is 6. The fraction of sp³-hybridized carbons (Fsp3) is 0.562. The molecule has 0 spiro atoms. The van der Waals surface area contributed by atoms with Crippen LogP contribution >= 0.6 is 27.7 Å². The van der Waals surface area contributed by atoms with Crippen LogP contribution in [0.25, 0.3) is 0 Å². The normalized spacial score (nSPS) is 17.6. The number of hydrogen-bond donors (Lipinski definition) is 1. The average molecular weight is 356 g/mol. The first kappa shape index (κ1) is 15.9. The van der Waals surface area contributed by atoms with Crippen molar-refractivity contribution in [1.82, 2.24) is 5.32 Å². The molecule has 1 fully saturated rings. The van der Waals surface area contributed by atoms with Crippen molar-refractivity contribution in [3.63, 3.8) is 0 Å². The number of benzene rings is 1. The first-order valence-electron chi connectivity index (χ1n) is 7.25. The summed E-state index contributed by atoms with van der Waals surface area (Å²) in [6, 6.07) is 10.1. The lowest BCUT2D eigenvalue weighted by atomic mass is 9.75. The summed E-state index contributed by atoms with van der Waals surface area (Å²) in [6.07, 6.45) is 6.38. The van der Waals surface area contributed by atoms with Crippen LogP contribution in [-0.2, 0) is 4.79 Å². The Morgan fingerprint density at radius 1 is 1.20 bits per heavy atom. The van der Waals surface area contributed by atoms with Gasteiger partial charge in [0, 0.05) is 16.8 Å². The van der Waals surface area contributed by atoms with Gasteiger partial charge in [-0.1, -0.05) is 53.4 Å². The highest BCUT2D eigenvalue weighted by atomic mass is 79.9. The Balaban J connectivity index is 1.74. The van der Waals surface area contributed by atoms with Crippen molar-refractivity contribution >= 4 is 33.6 Å². The second kappa shape index (κ2) is 8.08. The standard InChI is InChI=1S/C16H22BrNOS/c17-12-16(9-5-2-6-10-16)13-18-15(19)11-20-14-7-3-1-4-8-14/h1,3-4,7-8H,2,5-6,9-13H2,(H,18,19). The van der Waals surface area contributed by atoms with E-state index in [1.807, 2.05) is 30.3 Å². The number of halogens is 1. The third kappa shape index (κ3) is 4.81. The van der Waals surface area contributed by atoms with Crippen LogP contribution < -0.4 is 5.32 Å². The smallest absolute Gasteiger partial charge is 0.230 e. The predicted molar refractivity (Wildman–Crippen MR) is 89.5 cm³/mol. The second-order valence-electron chi connectivity index (χ2n) is 5.57. The second-order valence-corrected chi connectivity index (χ2v) is 7.18. The summed E-state index contributed by atoms with van der Waals surface area (Å²) in [5.41, 5.74) is 0.283. The van der Waals surface area contributed by atoms with Gasteiger partial charge in [-0.15, -0.1) is 11.8 Å². The first-order chi connectivity index (χ1) is 9.74. The molecule has 0 atom stereocenters. The van der Waals surface area contributed by atoms with E-state index in [2.05, 4.69) is 21.2 Å². The molecule has 0 aromatic heterocycles. The van der Waals surface area contributed by atoms with Crippen LogP contribution in [0.3, 0.4) is 0 Å². The largest absolute Gasteiger partial charge is 0.355 e. The highest BCUT2D eigenvalue weighted by Gasteiger charge is 2.31. The Bertz CT molecular complexity index is 418. The molecule has 110 valence electrons. The van der Waals surface area contributed by atoms with Gasteiger partial charge in [0.15, 0.2) is 0 Å². The molecule has 1 aliphatic rings. The van der Waals surface area contributed by atoms with Crippen molar-refractivity contribution in [2.24, 2.45) is 5.41 Å². The lowest BCUT2D eigenvalue weighted by Gasteiger charge is -2.35. The minimum Gasteiger partial charge on any atom is -0.355 e. The Morgan fingerprint density at radius 2 is 1.90 bits per heavy atom. The maximum Gasteiger partial charge on any atom is 0.230 e. The summed E-state index contributed by atoms with van der Waals surface area (Å²) < 4.78 is 0. The highest BCUT2D eigenvalue weighted by molar-refractivity contribution is 9.09. The zero-order valence-corrected chi connectivity index (χ0v) is 14.1. The number of carbonyl (C=O) groups excluding carboxylic acids is 1. The fourth-order valence-corrected chi connectivity index (χ4v) is 4.17. The molecular weight excluding hydrogens is 334 g/mol. The van der Waals surface area contributed by atoms with Crippen LogP contribution in [0.2, 0.25) is 0 Å². The molecule has 1 aromatic carbocycles. The van der Waals surface area contributed by atoms with Crippen LogP contribution in [0.15, 0.2) is 35.2 Å². The van der Waals surface area contributed by atoms with Gasteiger partial charge in [-0.05, 0) is 30.4 Å². The SMILES string of the molecule is O=C(CSc1ccccc1)NCC1(CBr)CCCCC1. The van der Waals surface area contributed by atoms with Crippen molar-refractivity contribution in [3.8, 4) is 0 Å². The molecule has 0 radical (unpaired) electrons. The van der Waals surface area contributed by atoms with Crippen molar-refractivity contribution < 1.29 is 4.79 Å². The molecule has 2 nitrogen and oxygen atoms in total. The van der Waals surface area contributed by atoms with Gasteiger partial charge in [0.05, 0.1) is 5.75 Å². The van der Waals surface area contributed by atoms with E-state index >= 15 is 0 Å². The van der Waals surface area contributed by atoms with Crippen LogP contribution in [0.5, 0.6) is 0 Å². The van der Waals surface area contributed by atoms with Gasteiger partial charge in [0.25, 0.3) is 0 Å². The van der Waals surface area contributed by atoms with Crippen molar-refractivity contribution in [1.29, 1.82) is 0 Å². The molecule has 1 amide bonds. The van der Waals surface area contributed by atoms with Crippen molar-refractivity contribution in [2.45, 2.75) is 37.0 Å². The van der Waals surface area contributed by atoms with Crippen LogP contribution in [0, 0.1) is 5.41 Å². The Labute approximate surface area is 134 Å². The van der Waals surface area contributed by atoms with Gasteiger partial charge >= 0.3 is 0 Å². The maximum absolute atomic E-state index is 12.0. The van der Waals surface area contributed by atoms with Gasteiger partial charge in [0.2, 0.25) is 5.91 Å². The molecule has 1 aliphatic carbocycles. The zero-order chi connectivity index (χ0) is 14.3. The summed E-state index contributed by atoms with van der Waals surface area (Å²) in [5.74, 6) is 0.646. The van der Waals surface area contributed by atoms with Gasteiger partial charge < -0.3 is 5.32 Å². The molecule has 1 aromatic rings. The molecule has 20 heavy (non-hydrogen) atoms. The molecule has 0 bridgehead atoms. The molecule has 1 saturated carbocycles. The minimum atomic E-state index is 0.143. The Kier molecular flexibility index (Phi) is 6.43. The van der Waals surface area contributed by atoms with Crippen molar-refractivity contribution in [2.75, 3.05) is 17.6 Å². The quantitative estimate of drug-likeness (QED) is 0.610. The number of amides is 1. The van der Waals surface area contributed by atoms with Gasteiger partial charge in [-0.2, -0.15) is 0 Å². The number of hydrogen-bond acceptors (Lipinski definition) is 2. The summed E-state index contributed by atoms with van der Waals surface area (Å²) in [6.45, 7) is 0.812. The van der Waals surface area contributed by atoms with E-state index in [4.69, 9.17) is 0 Å². The molecule has 0 aliphatic heterocycles. The Morgan fingerprint density at radius 3 is 2.55 bits per heavy atom. The average Bonchev–Trinajstić information content (AvgIpc) is 2.53. The Hall–Kier alpha value is -0.480. The monoisotopic (exact) mass is 355 g/mol. The van der Waals surface area contributed by atoms with Gasteiger partial charge in [-0.25, -0.2) is 0 Å². The number of nitrogens with one attached hydrogen (secondary N) is 1. The molecule has 1 N–H and O–H groups in total. The van der Waals surface area contributed by atoms with Gasteiger partial charge in [-0.3, -0.25) is 4.79 Å². The van der Waals surface area contributed by atoms with Crippen molar-refractivity contribution in [3.05, 3.63) is 30.3 Å². The van der Waals surface area contributed by atoms with E-state index in [1.54, 1.807) is 11.8 Å². The molecule has 4 heteroatoms. The summed E-state index contributed by atoms with van der Waals surface area (Å²) in [7, 11) is 0. The molecule has 0 heterocycles. The third-order valence-corrected chi connectivity index (χ3v) is 6.17. The summed E-state index contributed by atoms with van der Waals surface area (Å²) in [5, 5.41) is 4.12. The molecule has 0 unspecified atom stereocenters. The van der Waals surface area contributed by atoms with E-state index in [9.17, 15) is 4.79 Å². The van der Waals surface area contributed by atoms with E-state index < -0.39 is 0 Å². The van der Waals surface area contributed by atoms with Crippen LogP contribution in [-0.4, -0.2) is 23.5 Å². The number of carbonyl (C=O) groups is 1. The minimum absolute atomic E-state index is 0.143. The van der Waals surface area contributed by atoms with Gasteiger partial charge in [0.1, 0.15) is 0 Å². The van der Waals surface area contributed by atoms with Crippen LogP contribution in [0.1, 0.15) is 32.1 Å². The summed E-state index contributed by atoms with van der Waals surface area (Å²) >= 11 is 5.24. The molecule has 2 rings (SSSR count). The first-order valence-corrected chi connectivity index (χ1v) is 9.35. The van der Waals surface area contributed by atoms with E-state index in [-0.39, 0.29) is 11.3 Å². The van der Waals surface area contributed by atoms with E-state index in [1.165, 1.54) is 32.1 Å².